The number of rotatable bonds is 7. The van der Waals surface area contributed by atoms with Gasteiger partial charge in [-0.25, -0.2) is 0 Å². The molecule has 0 atom stereocenters. The van der Waals surface area contributed by atoms with Gasteiger partial charge < -0.3 is 0 Å². The van der Waals surface area contributed by atoms with Gasteiger partial charge in [-0.1, -0.05) is 55.8 Å². The maximum atomic E-state index is 13.1. The molecule has 5 nitrogen and oxygen atoms in total. The van der Waals surface area contributed by atoms with Gasteiger partial charge in [0.15, 0.2) is 0 Å². The van der Waals surface area contributed by atoms with Crippen molar-refractivity contribution in [2.75, 3.05) is 11.4 Å². The summed E-state index contributed by atoms with van der Waals surface area (Å²) in [7, 11) is 0. The SMILES string of the molecule is CC(C)CCN(C(=O)c1ccccc1)c1nc(=S)n(Cc2cccc(Cl)c2)[nH]1. The molecule has 28 heavy (non-hydrogen) atoms. The van der Waals surface area contributed by atoms with Gasteiger partial charge in [0.2, 0.25) is 10.7 Å². The summed E-state index contributed by atoms with van der Waals surface area (Å²) in [5.41, 5.74) is 1.62. The van der Waals surface area contributed by atoms with Crippen molar-refractivity contribution in [1.82, 2.24) is 14.8 Å². The Kier molecular flexibility index (Phi) is 6.65. The van der Waals surface area contributed by atoms with Crippen molar-refractivity contribution in [1.29, 1.82) is 0 Å². The van der Waals surface area contributed by atoms with Crippen molar-refractivity contribution in [2.45, 2.75) is 26.8 Å². The number of aromatic amines is 1. The fraction of sp³-hybridized carbons (Fsp3) is 0.286. The zero-order valence-electron chi connectivity index (χ0n) is 15.9. The number of nitrogens with one attached hydrogen (secondary N) is 1. The summed E-state index contributed by atoms with van der Waals surface area (Å²) in [5, 5.41) is 3.86. The van der Waals surface area contributed by atoms with Crippen molar-refractivity contribution < 1.29 is 4.79 Å². The average Bonchev–Trinajstić information content (AvgIpc) is 3.02. The summed E-state index contributed by atoms with van der Waals surface area (Å²) in [6, 6.07) is 16.8. The van der Waals surface area contributed by atoms with Gasteiger partial charge in [-0.2, -0.15) is 4.98 Å². The van der Waals surface area contributed by atoms with Gasteiger partial charge >= 0.3 is 0 Å². The molecule has 1 N–H and O–H groups in total. The molecule has 0 fully saturated rings. The minimum Gasteiger partial charge on any atom is -0.277 e. The average molecular weight is 415 g/mol. The minimum absolute atomic E-state index is 0.0973. The molecule has 0 saturated carbocycles. The fourth-order valence-electron chi connectivity index (χ4n) is 2.82. The lowest BCUT2D eigenvalue weighted by Gasteiger charge is -2.21. The van der Waals surface area contributed by atoms with Crippen molar-refractivity contribution in [2.24, 2.45) is 5.92 Å². The van der Waals surface area contributed by atoms with Crippen LogP contribution < -0.4 is 4.90 Å². The smallest absolute Gasteiger partial charge is 0.260 e. The first-order valence-electron chi connectivity index (χ1n) is 9.22. The standard InChI is InChI=1S/C21H23ClN4OS/c1-15(2)11-12-25(19(27)17-8-4-3-5-9-17)20-23-21(28)26(24-20)14-16-7-6-10-18(22)13-16/h3-10,13,15H,11-12,14H2,1-2H3,(H,23,24,28). The molecule has 0 bridgehead atoms. The van der Waals surface area contributed by atoms with E-state index in [4.69, 9.17) is 23.8 Å². The van der Waals surface area contributed by atoms with E-state index in [0.29, 0.717) is 40.3 Å². The first-order chi connectivity index (χ1) is 13.4. The Morgan fingerprint density at radius 2 is 1.96 bits per heavy atom. The summed E-state index contributed by atoms with van der Waals surface area (Å²) in [4.78, 5) is 19.2. The van der Waals surface area contributed by atoms with Crippen LogP contribution in [0.3, 0.4) is 0 Å². The van der Waals surface area contributed by atoms with Gasteiger partial charge in [-0.3, -0.25) is 19.5 Å². The van der Waals surface area contributed by atoms with Gasteiger partial charge in [0, 0.05) is 17.1 Å². The largest absolute Gasteiger partial charge is 0.277 e. The number of H-pyrrole nitrogens is 1. The molecule has 7 heteroatoms. The molecule has 3 aromatic rings. The molecular formula is C21H23ClN4OS. The van der Waals surface area contributed by atoms with Crippen molar-refractivity contribution in [3.63, 3.8) is 0 Å². The lowest BCUT2D eigenvalue weighted by atomic mass is 10.1. The van der Waals surface area contributed by atoms with Crippen LogP contribution in [0, 0.1) is 10.7 Å². The maximum Gasteiger partial charge on any atom is 0.260 e. The third-order valence-corrected chi connectivity index (χ3v) is 4.90. The molecule has 0 radical (unpaired) electrons. The van der Waals surface area contributed by atoms with E-state index in [1.54, 1.807) is 9.58 Å². The van der Waals surface area contributed by atoms with Crippen LogP contribution >= 0.6 is 23.8 Å². The minimum atomic E-state index is -0.0973. The van der Waals surface area contributed by atoms with Crippen LogP contribution in [0.1, 0.15) is 36.2 Å². The van der Waals surface area contributed by atoms with Crippen LogP contribution in [0.5, 0.6) is 0 Å². The predicted molar refractivity (Wildman–Crippen MR) is 116 cm³/mol. The second kappa shape index (κ2) is 9.17. The summed E-state index contributed by atoms with van der Waals surface area (Å²) in [6.07, 6.45) is 0.861. The van der Waals surface area contributed by atoms with Crippen LogP contribution in [-0.2, 0) is 6.54 Å². The van der Waals surface area contributed by atoms with Gasteiger partial charge in [0.1, 0.15) is 0 Å². The number of aromatic nitrogens is 3. The molecule has 1 aromatic heterocycles. The van der Waals surface area contributed by atoms with Crippen LogP contribution in [0.2, 0.25) is 5.02 Å². The molecule has 0 aliphatic rings. The summed E-state index contributed by atoms with van der Waals surface area (Å²) < 4.78 is 2.14. The lowest BCUT2D eigenvalue weighted by molar-refractivity contribution is 0.0984. The van der Waals surface area contributed by atoms with Gasteiger partial charge in [-0.15, -0.1) is 0 Å². The zero-order chi connectivity index (χ0) is 20.1. The molecule has 0 aliphatic heterocycles. The van der Waals surface area contributed by atoms with Gasteiger partial charge in [-0.05, 0) is 54.4 Å². The first-order valence-corrected chi connectivity index (χ1v) is 10.0. The topological polar surface area (TPSA) is 53.9 Å². The Balaban J connectivity index is 1.89. The summed E-state index contributed by atoms with van der Waals surface area (Å²) in [5.74, 6) is 0.823. The third kappa shape index (κ3) is 5.09. The van der Waals surface area contributed by atoms with Gasteiger partial charge in [0.25, 0.3) is 5.91 Å². The number of hydrogen-bond acceptors (Lipinski definition) is 3. The summed E-state index contributed by atoms with van der Waals surface area (Å²) >= 11 is 11.5. The van der Waals surface area contributed by atoms with E-state index in [9.17, 15) is 4.79 Å². The molecule has 2 aromatic carbocycles. The van der Waals surface area contributed by atoms with Crippen molar-refractivity contribution >= 4 is 35.7 Å². The van der Waals surface area contributed by atoms with Crippen LogP contribution in [0.4, 0.5) is 5.95 Å². The Bertz CT molecular complexity index is 997. The molecule has 0 saturated heterocycles. The molecule has 0 unspecified atom stereocenters. The number of amides is 1. The Hall–Kier alpha value is -2.44. The van der Waals surface area contributed by atoms with E-state index in [-0.39, 0.29) is 5.91 Å². The molecule has 3 rings (SSSR count). The highest BCUT2D eigenvalue weighted by molar-refractivity contribution is 7.71. The van der Waals surface area contributed by atoms with Crippen LogP contribution in [-0.4, -0.2) is 27.2 Å². The number of hydrogen-bond donors (Lipinski definition) is 1. The predicted octanol–water partition coefficient (Wildman–Crippen LogP) is 5.34. The highest BCUT2D eigenvalue weighted by Crippen LogP contribution is 2.17. The highest BCUT2D eigenvalue weighted by atomic mass is 35.5. The fourth-order valence-corrected chi connectivity index (χ4v) is 3.23. The Morgan fingerprint density at radius 3 is 2.64 bits per heavy atom. The molecular weight excluding hydrogens is 392 g/mol. The molecule has 0 spiro atoms. The van der Waals surface area contributed by atoms with Gasteiger partial charge in [0.05, 0.1) is 6.54 Å². The van der Waals surface area contributed by atoms with Crippen LogP contribution in [0.25, 0.3) is 0 Å². The van der Waals surface area contributed by atoms with E-state index in [0.717, 1.165) is 12.0 Å². The lowest BCUT2D eigenvalue weighted by Crippen LogP contribution is -2.33. The molecule has 1 amide bonds. The number of carbonyl (C=O) groups is 1. The number of nitrogens with zero attached hydrogens (tertiary/aromatic N) is 3. The Labute approximate surface area is 175 Å². The zero-order valence-corrected chi connectivity index (χ0v) is 17.5. The van der Waals surface area contributed by atoms with Crippen LogP contribution in [0.15, 0.2) is 54.6 Å². The number of benzene rings is 2. The number of anilines is 1. The third-order valence-electron chi connectivity index (χ3n) is 4.35. The molecule has 1 heterocycles. The normalized spacial score (nSPS) is 11.0. The quantitative estimate of drug-likeness (QED) is 0.531. The number of halogens is 1. The van der Waals surface area contributed by atoms with Crippen molar-refractivity contribution in [3.8, 4) is 0 Å². The number of carbonyl (C=O) groups excluding carboxylic acids is 1. The second-order valence-electron chi connectivity index (χ2n) is 7.05. The monoisotopic (exact) mass is 414 g/mol. The van der Waals surface area contributed by atoms with E-state index < -0.39 is 0 Å². The van der Waals surface area contributed by atoms with E-state index in [1.807, 2.05) is 54.6 Å². The Morgan fingerprint density at radius 1 is 1.21 bits per heavy atom. The maximum absolute atomic E-state index is 13.1. The first kappa shape index (κ1) is 20.3. The van der Waals surface area contributed by atoms with E-state index in [2.05, 4.69) is 23.9 Å². The molecule has 0 aliphatic carbocycles. The second-order valence-corrected chi connectivity index (χ2v) is 7.85. The van der Waals surface area contributed by atoms with E-state index >= 15 is 0 Å². The highest BCUT2D eigenvalue weighted by Gasteiger charge is 2.21. The molecule has 146 valence electrons. The van der Waals surface area contributed by atoms with Crippen molar-refractivity contribution in [3.05, 3.63) is 75.5 Å². The summed E-state index contributed by atoms with van der Waals surface area (Å²) in [6.45, 7) is 5.32. The van der Waals surface area contributed by atoms with E-state index in [1.165, 1.54) is 0 Å².